The summed E-state index contributed by atoms with van der Waals surface area (Å²) in [4.78, 5) is 26.8. The average molecular weight is 251 g/mol. The molecule has 0 aliphatic carbocycles. The Labute approximate surface area is 105 Å². The number of anilines is 1. The minimum Gasteiger partial charge on any atom is -0.383 e. The molecule has 0 radical (unpaired) electrons. The van der Waals surface area contributed by atoms with Crippen molar-refractivity contribution in [3.05, 3.63) is 11.8 Å². The summed E-state index contributed by atoms with van der Waals surface area (Å²) in [7, 11) is 1.69. The lowest BCUT2D eigenvalue weighted by Crippen LogP contribution is -2.50. The second-order valence-electron chi connectivity index (χ2n) is 4.37. The van der Waals surface area contributed by atoms with Gasteiger partial charge in [-0.2, -0.15) is 5.10 Å². The van der Waals surface area contributed by atoms with Crippen molar-refractivity contribution in [2.45, 2.75) is 6.92 Å². The van der Waals surface area contributed by atoms with E-state index in [4.69, 9.17) is 5.73 Å². The minimum atomic E-state index is -0.121. The zero-order valence-electron chi connectivity index (χ0n) is 10.6. The van der Waals surface area contributed by atoms with Crippen LogP contribution in [0.3, 0.4) is 0 Å². The molecular weight excluding hydrogens is 234 g/mol. The van der Waals surface area contributed by atoms with E-state index in [-0.39, 0.29) is 11.8 Å². The molecule has 1 saturated heterocycles. The van der Waals surface area contributed by atoms with Crippen LogP contribution < -0.4 is 5.73 Å². The highest BCUT2D eigenvalue weighted by molar-refractivity contribution is 5.98. The summed E-state index contributed by atoms with van der Waals surface area (Å²) >= 11 is 0. The van der Waals surface area contributed by atoms with Gasteiger partial charge in [-0.05, 0) is 0 Å². The maximum atomic E-state index is 12.2. The van der Waals surface area contributed by atoms with Crippen LogP contribution in [0.5, 0.6) is 0 Å². The maximum absolute atomic E-state index is 12.2. The molecule has 0 atom stereocenters. The summed E-state index contributed by atoms with van der Waals surface area (Å²) in [5, 5.41) is 3.95. The van der Waals surface area contributed by atoms with E-state index >= 15 is 0 Å². The summed E-state index contributed by atoms with van der Waals surface area (Å²) in [6, 6.07) is 0. The lowest BCUT2D eigenvalue weighted by molar-refractivity contribution is -0.130. The Morgan fingerprint density at radius 2 is 1.78 bits per heavy atom. The van der Waals surface area contributed by atoms with Crippen LogP contribution in [0.2, 0.25) is 0 Å². The lowest BCUT2D eigenvalue weighted by atomic mass is 10.2. The van der Waals surface area contributed by atoms with Gasteiger partial charge in [0.25, 0.3) is 5.91 Å². The summed E-state index contributed by atoms with van der Waals surface area (Å²) < 4.78 is 1.47. The van der Waals surface area contributed by atoms with Crippen LogP contribution in [-0.2, 0) is 11.8 Å². The van der Waals surface area contributed by atoms with Crippen molar-refractivity contribution in [1.29, 1.82) is 0 Å². The highest BCUT2D eigenvalue weighted by Gasteiger charge is 2.25. The Hall–Kier alpha value is -2.05. The zero-order chi connectivity index (χ0) is 13.3. The molecule has 0 saturated carbocycles. The second kappa shape index (κ2) is 4.67. The van der Waals surface area contributed by atoms with E-state index in [2.05, 4.69) is 5.10 Å². The number of carbonyl (C=O) groups is 2. The van der Waals surface area contributed by atoms with Crippen molar-refractivity contribution in [3.63, 3.8) is 0 Å². The molecule has 2 amide bonds. The third-order valence-electron chi connectivity index (χ3n) is 3.23. The van der Waals surface area contributed by atoms with Crippen molar-refractivity contribution < 1.29 is 9.59 Å². The number of nitrogens with two attached hydrogens (primary N) is 1. The first-order valence-electron chi connectivity index (χ1n) is 5.83. The van der Waals surface area contributed by atoms with Gasteiger partial charge in [0.15, 0.2) is 0 Å². The minimum absolute atomic E-state index is 0.0444. The monoisotopic (exact) mass is 251 g/mol. The third-order valence-corrected chi connectivity index (χ3v) is 3.23. The number of rotatable bonds is 1. The predicted molar refractivity (Wildman–Crippen MR) is 65.8 cm³/mol. The van der Waals surface area contributed by atoms with E-state index in [0.29, 0.717) is 37.6 Å². The first-order chi connectivity index (χ1) is 8.50. The largest absolute Gasteiger partial charge is 0.383 e. The Kier molecular flexibility index (Phi) is 3.22. The van der Waals surface area contributed by atoms with Gasteiger partial charge in [-0.25, -0.2) is 0 Å². The van der Waals surface area contributed by atoms with Gasteiger partial charge in [-0.3, -0.25) is 14.3 Å². The number of nitrogen functional groups attached to an aromatic ring is 1. The highest BCUT2D eigenvalue weighted by Crippen LogP contribution is 2.14. The molecule has 7 nitrogen and oxygen atoms in total. The predicted octanol–water partition coefficient (Wildman–Crippen LogP) is -0.693. The van der Waals surface area contributed by atoms with E-state index in [0.717, 1.165) is 0 Å². The van der Waals surface area contributed by atoms with E-state index in [1.165, 1.54) is 17.8 Å². The average Bonchev–Trinajstić information content (AvgIpc) is 2.69. The zero-order valence-corrected chi connectivity index (χ0v) is 10.6. The molecule has 0 aromatic carbocycles. The SMILES string of the molecule is CC(=O)N1CCN(C(=O)c2cnn(C)c2N)CC1. The van der Waals surface area contributed by atoms with Crippen molar-refractivity contribution in [1.82, 2.24) is 19.6 Å². The number of nitrogens with zero attached hydrogens (tertiary/aromatic N) is 4. The van der Waals surface area contributed by atoms with Crippen LogP contribution in [0.25, 0.3) is 0 Å². The third kappa shape index (κ3) is 2.15. The van der Waals surface area contributed by atoms with Gasteiger partial charge in [-0.1, -0.05) is 0 Å². The quantitative estimate of drug-likeness (QED) is 0.715. The molecule has 1 fully saturated rings. The van der Waals surface area contributed by atoms with Gasteiger partial charge in [-0.15, -0.1) is 0 Å². The summed E-state index contributed by atoms with van der Waals surface area (Å²) in [6.45, 7) is 3.75. The number of amides is 2. The van der Waals surface area contributed by atoms with Crippen molar-refractivity contribution in [3.8, 4) is 0 Å². The van der Waals surface area contributed by atoms with Gasteiger partial charge >= 0.3 is 0 Å². The molecule has 2 heterocycles. The van der Waals surface area contributed by atoms with Crippen LogP contribution in [0.1, 0.15) is 17.3 Å². The molecule has 98 valence electrons. The maximum Gasteiger partial charge on any atom is 0.259 e. The van der Waals surface area contributed by atoms with E-state index in [9.17, 15) is 9.59 Å². The lowest BCUT2D eigenvalue weighted by Gasteiger charge is -2.34. The van der Waals surface area contributed by atoms with E-state index < -0.39 is 0 Å². The fraction of sp³-hybridized carbons (Fsp3) is 0.545. The fourth-order valence-corrected chi connectivity index (χ4v) is 2.01. The Bertz CT molecular complexity index is 474. The van der Waals surface area contributed by atoms with Crippen LogP contribution >= 0.6 is 0 Å². The van der Waals surface area contributed by atoms with Crippen LogP contribution in [-0.4, -0.2) is 57.6 Å². The van der Waals surface area contributed by atoms with Gasteiger partial charge in [0, 0.05) is 40.2 Å². The topological polar surface area (TPSA) is 84.5 Å². The van der Waals surface area contributed by atoms with Crippen molar-refractivity contribution >= 4 is 17.6 Å². The fourth-order valence-electron chi connectivity index (χ4n) is 2.01. The highest BCUT2D eigenvalue weighted by atomic mass is 16.2. The van der Waals surface area contributed by atoms with E-state index in [1.807, 2.05) is 0 Å². The molecule has 1 aromatic rings. The van der Waals surface area contributed by atoms with E-state index in [1.54, 1.807) is 16.8 Å². The molecule has 0 spiro atoms. The summed E-state index contributed by atoms with van der Waals surface area (Å²) in [5.74, 6) is 0.292. The Morgan fingerprint density at radius 1 is 1.22 bits per heavy atom. The van der Waals surface area contributed by atoms with Gasteiger partial charge < -0.3 is 15.5 Å². The molecule has 0 bridgehead atoms. The molecule has 1 aliphatic rings. The molecular formula is C11H17N5O2. The number of carbonyl (C=O) groups excluding carboxylic acids is 2. The number of aryl methyl sites for hydroxylation is 1. The molecule has 0 unspecified atom stereocenters. The van der Waals surface area contributed by atoms with Gasteiger partial charge in [0.05, 0.1) is 6.20 Å². The van der Waals surface area contributed by atoms with Crippen LogP contribution in [0, 0.1) is 0 Å². The Morgan fingerprint density at radius 3 is 2.22 bits per heavy atom. The Balaban J connectivity index is 2.04. The number of hydrogen-bond donors (Lipinski definition) is 1. The molecule has 18 heavy (non-hydrogen) atoms. The first-order valence-corrected chi connectivity index (χ1v) is 5.83. The van der Waals surface area contributed by atoms with Gasteiger partial charge in [0.1, 0.15) is 11.4 Å². The second-order valence-corrected chi connectivity index (χ2v) is 4.37. The smallest absolute Gasteiger partial charge is 0.259 e. The molecule has 2 rings (SSSR count). The standard InChI is InChI=1S/C11H17N5O2/c1-8(17)15-3-5-16(6-4-15)11(18)9-7-13-14(2)10(9)12/h7H,3-6,12H2,1-2H3. The normalized spacial score (nSPS) is 15.9. The summed E-state index contributed by atoms with van der Waals surface area (Å²) in [6.07, 6.45) is 1.48. The molecule has 1 aromatic heterocycles. The number of hydrogen-bond acceptors (Lipinski definition) is 4. The van der Waals surface area contributed by atoms with Crippen LogP contribution in [0.4, 0.5) is 5.82 Å². The van der Waals surface area contributed by atoms with Gasteiger partial charge in [0.2, 0.25) is 5.91 Å². The molecule has 7 heteroatoms. The number of aromatic nitrogens is 2. The molecule has 2 N–H and O–H groups in total. The summed E-state index contributed by atoms with van der Waals surface area (Å²) in [5.41, 5.74) is 6.20. The van der Waals surface area contributed by atoms with Crippen LogP contribution in [0.15, 0.2) is 6.20 Å². The van der Waals surface area contributed by atoms with Crippen molar-refractivity contribution in [2.75, 3.05) is 31.9 Å². The van der Waals surface area contributed by atoms with Crippen molar-refractivity contribution in [2.24, 2.45) is 7.05 Å². The molecule has 1 aliphatic heterocycles. The number of piperazine rings is 1. The first kappa shape index (κ1) is 12.4.